The molecule has 4 N–H and O–H groups in total. The third-order valence-corrected chi connectivity index (χ3v) is 3.63. The number of ether oxygens (including phenoxy) is 1. The minimum absolute atomic E-state index is 0.0607. The molecule has 0 aliphatic carbocycles. The largest absolute Gasteiger partial charge is 0.378 e. The van der Waals surface area contributed by atoms with Crippen molar-refractivity contribution in [2.75, 3.05) is 26.3 Å². The predicted octanol–water partition coefficient (Wildman–Crippen LogP) is -1.16. The van der Waals surface area contributed by atoms with Crippen molar-refractivity contribution in [2.24, 2.45) is 11.8 Å². The summed E-state index contributed by atoms with van der Waals surface area (Å²) in [5.41, 5.74) is 2.16. The van der Waals surface area contributed by atoms with Gasteiger partial charge in [-0.1, -0.05) is 6.92 Å². The van der Waals surface area contributed by atoms with Gasteiger partial charge in [0.2, 0.25) is 11.8 Å². The highest BCUT2D eigenvalue weighted by Gasteiger charge is 2.35. The molecule has 7 nitrogen and oxygen atoms in total. The van der Waals surface area contributed by atoms with E-state index in [1.165, 1.54) is 0 Å². The van der Waals surface area contributed by atoms with E-state index in [0.717, 1.165) is 0 Å². The number of amides is 2. The van der Waals surface area contributed by atoms with Crippen LogP contribution in [0.25, 0.3) is 0 Å². The second kappa shape index (κ2) is 7.42. The summed E-state index contributed by atoms with van der Waals surface area (Å²) in [6.45, 7) is 7.74. The lowest BCUT2D eigenvalue weighted by Crippen LogP contribution is -2.59. The normalized spacial score (nSPS) is 23.5. The molecule has 0 radical (unpaired) electrons. The maximum Gasteiger partial charge on any atom is 0.239 e. The Bertz CT molecular complexity index is 324. The van der Waals surface area contributed by atoms with Gasteiger partial charge in [-0.3, -0.25) is 19.9 Å². The molecule has 1 heterocycles. The summed E-state index contributed by atoms with van der Waals surface area (Å²) in [7, 11) is 0. The van der Waals surface area contributed by atoms with Gasteiger partial charge in [-0.2, -0.15) is 0 Å². The van der Waals surface area contributed by atoms with Crippen LogP contribution in [-0.2, 0) is 14.3 Å². The third-order valence-electron chi connectivity index (χ3n) is 3.63. The second-order valence-corrected chi connectivity index (χ2v) is 4.76. The molecule has 0 spiro atoms. The molecule has 0 aromatic carbocycles. The molecule has 7 heteroatoms. The van der Waals surface area contributed by atoms with Crippen LogP contribution < -0.4 is 16.6 Å². The standard InChI is InChI=1S/C12H24N4O3/c1-4-14-12(18)10-7-19-6-5-16(10)9(3)8(2)11(17)15-13/h8-10H,4-7,13H2,1-3H3,(H,14,18)(H,15,17). The first-order valence-electron chi connectivity index (χ1n) is 6.64. The SMILES string of the molecule is CCNC(=O)C1COCCN1C(C)C(C)C(=O)NN. The molecule has 0 bridgehead atoms. The average Bonchev–Trinajstić information content (AvgIpc) is 2.45. The van der Waals surface area contributed by atoms with Crippen LogP contribution in [-0.4, -0.2) is 55.1 Å². The van der Waals surface area contributed by atoms with Gasteiger partial charge in [-0.05, 0) is 13.8 Å². The van der Waals surface area contributed by atoms with Crippen molar-refractivity contribution in [3.8, 4) is 0 Å². The van der Waals surface area contributed by atoms with Crippen LogP contribution in [0.4, 0.5) is 0 Å². The number of rotatable bonds is 5. The minimum atomic E-state index is -0.350. The third kappa shape index (κ3) is 3.89. The summed E-state index contributed by atoms with van der Waals surface area (Å²) in [5, 5.41) is 2.80. The Labute approximate surface area is 113 Å². The van der Waals surface area contributed by atoms with E-state index >= 15 is 0 Å². The molecular formula is C12H24N4O3. The molecule has 3 atom stereocenters. The molecule has 1 rings (SSSR count). The van der Waals surface area contributed by atoms with Crippen LogP contribution in [0.1, 0.15) is 20.8 Å². The predicted molar refractivity (Wildman–Crippen MR) is 71.0 cm³/mol. The summed E-state index contributed by atoms with van der Waals surface area (Å²) in [6, 6.07) is -0.434. The molecule has 1 aliphatic rings. The van der Waals surface area contributed by atoms with E-state index in [1.807, 2.05) is 18.7 Å². The Balaban J connectivity index is 2.75. The number of hydrazine groups is 1. The first-order chi connectivity index (χ1) is 9.02. The van der Waals surface area contributed by atoms with Crippen LogP contribution in [0.15, 0.2) is 0 Å². The number of nitrogens with two attached hydrogens (primary N) is 1. The Morgan fingerprint density at radius 1 is 1.47 bits per heavy atom. The van der Waals surface area contributed by atoms with Gasteiger partial charge in [-0.15, -0.1) is 0 Å². The summed E-state index contributed by atoms with van der Waals surface area (Å²) in [6.07, 6.45) is 0. The molecule has 3 unspecified atom stereocenters. The molecule has 1 aliphatic heterocycles. The van der Waals surface area contributed by atoms with E-state index in [2.05, 4.69) is 10.7 Å². The van der Waals surface area contributed by atoms with E-state index in [1.54, 1.807) is 6.92 Å². The van der Waals surface area contributed by atoms with Gasteiger partial charge in [-0.25, -0.2) is 5.84 Å². The number of nitrogens with one attached hydrogen (secondary N) is 2. The lowest BCUT2D eigenvalue weighted by atomic mass is 9.98. The van der Waals surface area contributed by atoms with Gasteiger partial charge in [0.15, 0.2) is 0 Å². The fourth-order valence-electron chi connectivity index (χ4n) is 2.26. The number of likely N-dealkylation sites (N-methyl/N-ethyl adjacent to an activating group) is 1. The van der Waals surface area contributed by atoms with Crippen molar-refractivity contribution in [3.63, 3.8) is 0 Å². The fraction of sp³-hybridized carbons (Fsp3) is 0.833. The summed E-state index contributed by atoms with van der Waals surface area (Å²) in [4.78, 5) is 25.6. The van der Waals surface area contributed by atoms with Gasteiger partial charge < -0.3 is 10.1 Å². The quantitative estimate of drug-likeness (QED) is 0.333. The van der Waals surface area contributed by atoms with E-state index in [0.29, 0.717) is 26.3 Å². The van der Waals surface area contributed by atoms with Gasteiger partial charge >= 0.3 is 0 Å². The molecule has 0 aromatic heterocycles. The number of carbonyl (C=O) groups is 2. The monoisotopic (exact) mass is 272 g/mol. The van der Waals surface area contributed by atoms with Crippen molar-refractivity contribution in [3.05, 3.63) is 0 Å². The molecule has 19 heavy (non-hydrogen) atoms. The van der Waals surface area contributed by atoms with Crippen molar-refractivity contribution >= 4 is 11.8 Å². The van der Waals surface area contributed by atoms with E-state index < -0.39 is 0 Å². The zero-order valence-electron chi connectivity index (χ0n) is 11.8. The molecule has 110 valence electrons. The maximum atomic E-state index is 12.0. The van der Waals surface area contributed by atoms with Crippen molar-refractivity contribution in [1.29, 1.82) is 0 Å². The zero-order chi connectivity index (χ0) is 14.4. The van der Waals surface area contributed by atoms with Gasteiger partial charge in [0.25, 0.3) is 0 Å². The minimum Gasteiger partial charge on any atom is -0.378 e. The number of hydrogen-bond acceptors (Lipinski definition) is 5. The number of morpholine rings is 1. The number of carbonyl (C=O) groups excluding carboxylic acids is 2. The summed E-state index contributed by atoms with van der Waals surface area (Å²) < 4.78 is 5.37. The van der Waals surface area contributed by atoms with E-state index in [4.69, 9.17) is 10.6 Å². The second-order valence-electron chi connectivity index (χ2n) is 4.76. The van der Waals surface area contributed by atoms with Gasteiger partial charge in [0, 0.05) is 19.1 Å². The van der Waals surface area contributed by atoms with Crippen LogP contribution in [0.3, 0.4) is 0 Å². The van der Waals surface area contributed by atoms with E-state index in [-0.39, 0.29) is 29.8 Å². The van der Waals surface area contributed by atoms with Crippen molar-refractivity contribution in [2.45, 2.75) is 32.9 Å². The molecule has 1 saturated heterocycles. The Kier molecular flexibility index (Phi) is 6.20. The van der Waals surface area contributed by atoms with Crippen LogP contribution in [0, 0.1) is 5.92 Å². The fourth-order valence-corrected chi connectivity index (χ4v) is 2.26. The van der Waals surface area contributed by atoms with Gasteiger partial charge in [0.05, 0.1) is 19.1 Å². The molecule has 2 amide bonds. The Hall–Kier alpha value is -1.18. The molecule has 0 saturated carbocycles. The topological polar surface area (TPSA) is 96.7 Å². The maximum absolute atomic E-state index is 12.0. The molecular weight excluding hydrogens is 248 g/mol. The highest BCUT2D eigenvalue weighted by Crippen LogP contribution is 2.17. The molecule has 0 aromatic rings. The highest BCUT2D eigenvalue weighted by atomic mass is 16.5. The lowest BCUT2D eigenvalue weighted by molar-refractivity contribution is -0.138. The lowest BCUT2D eigenvalue weighted by Gasteiger charge is -2.40. The zero-order valence-corrected chi connectivity index (χ0v) is 11.8. The first kappa shape index (κ1) is 15.9. The smallest absolute Gasteiger partial charge is 0.239 e. The first-order valence-corrected chi connectivity index (χ1v) is 6.64. The average molecular weight is 272 g/mol. The molecule has 1 fully saturated rings. The number of nitrogens with zero attached hydrogens (tertiary/aromatic N) is 1. The van der Waals surface area contributed by atoms with Crippen molar-refractivity contribution < 1.29 is 14.3 Å². The van der Waals surface area contributed by atoms with Crippen LogP contribution in [0.5, 0.6) is 0 Å². The van der Waals surface area contributed by atoms with E-state index in [9.17, 15) is 9.59 Å². The Morgan fingerprint density at radius 2 is 2.16 bits per heavy atom. The van der Waals surface area contributed by atoms with Crippen molar-refractivity contribution in [1.82, 2.24) is 15.6 Å². The summed E-state index contributed by atoms with van der Waals surface area (Å²) in [5.74, 6) is 4.58. The van der Waals surface area contributed by atoms with Crippen LogP contribution >= 0.6 is 0 Å². The highest BCUT2D eigenvalue weighted by molar-refractivity contribution is 5.82. The summed E-state index contributed by atoms with van der Waals surface area (Å²) >= 11 is 0. The van der Waals surface area contributed by atoms with Gasteiger partial charge in [0.1, 0.15) is 6.04 Å². The Morgan fingerprint density at radius 3 is 2.74 bits per heavy atom. The van der Waals surface area contributed by atoms with Crippen LogP contribution in [0.2, 0.25) is 0 Å². The number of hydrogen-bond donors (Lipinski definition) is 3.